The lowest BCUT2D eigenvalue weighted by molar-refractivity contribution is -0.120. The first-order valence-corrected chi connectivity index (χ1v) is 8.20. The number of hydrogen-bond donors (Lipinski definition) is 2. The van der Waals surface area contributed by atoms with Gasteiger partial charge in [0.05, 0.1) is 10.5 Å². The third-order valence-electron chi connectivity index (χ3n) is 3.57. The summed E-state index contributed by atoms with van der Waals surface area (Å²) in [7, 11) is 0. The first-order chi connectivity index (χ1) is 12.5. The number of aliphatic hydroxyl groups excluding tert-OH is 1. The molecule has 3 rings (SSSR count). The van der Waals surface area contributed by atoms with E-state index in [0.29, 0.717) is 21.7 Å². The molecule has 7 nitrogen and oxygen atoms in total. The predicted molar refractivity (Wildman–Crippen MR) is 97.3 cm³/mol. The topological polar surface area (TPSA) is 96.4 Å². The van der Waals surface area contributed by atoms with Gasteiger partial charge >= 0.3 is 5.91 Å². The highest BCUT2D eigenvalue weighted by molar-refractivity contribution is 6.35. The van der Waals surface area contributed by atoms with Gasteiger partial charge in [0.2, 0.25) is 5.88 Å². The maximum atomic E-state index is 11.9. The quantitative estimate of drug-likeness (QED) is 0.631. The molecule has 0 saturated heterocycles. The van der Waals surface area contributed by atoms with E-state index in [1.807, 2.05) is 0 Å². The molecule has 1 heterocycles. The van der Waals surface area contributed by atoms with Crippen molar-refractivity contribution in [1.29, 1.82) is 0 Å². The first-order valence-electron chi connectivity index (χ1n) is 7.44. The molecule has 0 bridgehead atoms. The molecule has 0 unspecified atom stereocenters. The molecular formula is C17H13Cl2N3O4. The van der Waals surface area contributed by atoms with Crippen LogP contribution in [0.4, 0.5) is 5.69 Å². The lowest BCUT2D eigenvalue weighted by atomic mass is 10.2. The second-order valence-corrected chi connectivity index (χ2v) is 6.06. The lowest BCUT2D eigenvalue weighted by Crippen LogP contribution is -2.08. The summed E-state index contributed by atoms with van der Waals surface area (Å²) in [6.07, 6.45) is 0. The van der Waals surface area contributed by atoms with E-state index in [0.717, 1.165) is 0 Å². The normalized spacial score (nSPS) is 11.3. The molecule has 134 valence electrons. The van der Waals surface area contributed by atoms with E-state index in [2.05, 4.69) is 10.2 Å². The summed E-state index contributed by atoms with van der Waals surface area (Å²) in [6, 6.07) is 11.5. The average molecular weight is 394 g/mol. The number of aromatic hydroxyl groups is 1. The molecule has 2 N–H and O–H groups in total. The molecule has 2 aromatic carbocycles. The van der Waals surface area contributed by atoms with E-state index < -0.39 is 12.6 Å². The SMILES string of the molecule is O=C(COc1ccc(Cl)cc1Cl)N=Nc1c(O)n(CO)c2ccccc12. The zero-order valence-electron chi connectivity index (χ0n) is 13.3. The highest BCUT2D eigenvalue weighted by Gasteiger charge is 2.16. The monoisotopic (exact) mass is 393 g/mol. The number of amides is 1. The smallest absolute Gasteiger partial charge is 0.302 e. The Labute approximate surface area is 158 Å². The molecule has 3 aromatic rings. The number of carbonyl (C=O) groups excluding carboxylic acids is 1. The molecule has 0 atom stereocenters. The van der Waals surface area contributed by atoms with Crippen molar-refractivity contribution in [2.75, 3.05) is 6.61 Å². The molecule has 1 amide bonds. The second kappa shape index (κ2) is 7.74. The van der Waals surface area contributed by atoms with Crippen molar-refractivity contribution < 1.29 is 19.7 Å². The van der Waals surface area contributed by atoms with E-state index in [1.165, 1.54) is 16.7 Å². The summed E-state index contributed by atoms with van der Waals surface area (Å²) in [5.41, 5.74) is 0.658. The second-order valence-electron chi connectivity index (χ2n) is 5.22. The van der Waals surface area contributed by atoms with E-state index in [4.69, 9.17) is 27.9 Å². The molecule has 9 heteroatoms. The molecule has 0 radical (unpaired) electrons. The van der Waals surface area contributed by atoms with E-state index in [1.54, 1.807) is 30.3 Å². The largest absolute Gasteiger partial charge is 0.493 e. The number of aromatic nitrogens is 1. The number of hydrogen-bond acceptors (Lipinski definition) is 5. The van der Waals surface area contributed by atoms with Crippen LogP contribution in [-0.4, -0.2) is 27.3 Å². The Morgan fingerprint density at radius 1 is 1.19 bits per heavy atom. The Balaban J connectivity index is 1.76. The van der Waals surface area contributed by atoms with Crippen molar-refractivity contribution in [3.8, 4) is 11.6 Å². The standard InChI is InChI=1S/C17H13Cl2N3O4/c18-10-5-6-14(12(19)7-10)26-8-15(24)20-21-16-11-3-1-2-4-13(11)22(9-23)17(16)25/h1-7,23,25H,8-9H2. The molecule has 26 heavy (non-hydrogen) atoms. The number of azo groups is 1. The Morgan fingerprint density at radius 2 is 1.96 bits per heavy atom. The first kappa shape index (κ1) is 18.2. The van der Waals surface area contributed by atoms with Crippen LogP contribution in [0, 0.1) is 0 Å². The van der Waals surface area contributed by atoms with Crippen molar-refractivity contribution in [3.05, 3.63) is 52.5 Å². The zero-order chi connectivity index (χ0) is 18.7. The van der Waals surface area contributed by atoms with Crippen LogP contribution in [0.2, 0.25) is 10.0 Å². The summed E-state index contributed by atoms with van der Waals surface area (Å²) >= 11 is 11.7. The minimum atomic E-state index is -0.670. The maximum absolute atomic E-state index is 11.9. The van der Waals surface area contributed by atoms with Gasteiger partial charge in [-0.3, -0.25) is 9.36 Å². The number of rotatable bonds is 5. The summed E-state index contributed by atoms with van der Waals surface area (Å²) in [6.45, 7) is -0.821. The Morgan fingerprint density at radius 3 is 2.69 bits per heavy atom. The minimum Gasteiger partial charge on any atom is -0.493 e. The van der Waals surface area contributed by atoms with Crippen molar-refractivity contribution in [3.63, 3.8) is 0 Å². The number of carbonyl (C=O) groups is 1. The number of aliphatic hydroxyl groups is 1. The van der Waals surface area contributed by atoms with Gasteiger partial charge in [0.25, 0.3) is 0 Å². The van der Waals surface area contributed by atoms with Crippen LogP contribution < -0.4 is 4.74 Å². The van der Waals surface area contributed by atoms with Gasteiger partial charge in [0.1, 0.15) is 12.5 Å². The maximum Gasteiger partial charge on any atom is 0.302 e. The fourth-order valence-corrected chi connectivity index (χ4v) is 2.84. The highest BCUT2D eigenvalue weighted by Crippen LogP contribution is 2.38. The van der Waals surface area contributed by atoms with Crippen LogP contribution in [0.25, 0.3) is 10.9 Å². The number of nitrogens with zero attached hydrogens (tertiary/aromatic N) is 3. The molecule has 0 aliphatic heterocycles. The molecule has 1 aromatic heterocycles. The summed E-state index contributed by atoms with van der Waals surface area (Å²) in [4.78, 5) is 11.9. The summed E-state index contributed by atoms with van der Waals surface area (Å²) in [5.74, 6) is -0.664. The van der Waals surface area contributed by atoms with Crippen LogP contribution >= 0.6 is 23.2 Å². The van der Waals surface area contributed by atoms with Crippen LogP contribution in [0.5, 0.6) is 11.6 Å². The number of ether oxygens (including phenoxy) is 1. The van der Waals surface area contributed by atoms with Gasteiger partial charge in [-0.25, -0.2) is 0 Å². The highest BCUT2D eigenvalue weighted by atomic mass is 35.5. The Hall–Kier alpha value is -2.61. The van der Waals surface area contributed by atoms with Gasteiger partial charge in [-0.1, -0.05) is 41.4 Å². The van der Waals surface area contributed by atoms with Crippen LogP contribution in [0.1, 0.15) is 0 Å². The van der Waals surface area contributed by atoms with Crippen molar-refractivity contribution in [1.82, 2.24) is 4.57 Å². The third-order valence-corrected chi connectivity index (χ3v) is 4.10. The van der Waals surface area contributed by atoms with Crippen molar-refractivity contribution in [2.24, 2.45) is 10.2 Å². The van der Waals surface area contributed by atoms with Gasteiger partial charge < -0.3 is 14.9 Å². The minimum absolute atomic E-state index is 0.0903. The van der Waals surface area contributed by atoms with Gasteiger partial charge in [-0.15, -0.1) is 10.2 Å². The molecule has 0 aliphatic rings. The van der Waals surface area contributed by atoms with E-state index >= 15 is 0 Å². The number of benzene rings is 2. The Bertz CT molecular complexity index is 1000. The number of para-hydroxylation sites is 1. The average Bonchev–Trinajstić information content (AvgIpc) is 2.90. The van der Waals surface area contributed by atoms with Gasteiger partial charge in [-0.2, -0.15) is 0 Å². The molecule has 0 spiro atoms. The van der Waals surface area contributed by atoms with Gasteiger partial charge in [0.15, 0.2) is 12.3 Å². The third kappa shape index (κ3) is 3.65. The number of fused-ring (bicyclic) bond motifs is 1. The molecule has 0 aliphatic carbocycles. The molecule has 0 saturated carbocycles. The fourth-order valence-electron chi connectivity index (χ4n) is 2.38. The number of halogens is 2. The van der Waals surface area contributed by atoms with Crippen LogP contribution in [0.3, 0.4) is 0 Å². The van der Waals surface area contributed by atoms with Gasteiger partial charge in [0, 0.05) is 10.4 Å². The fraction of sp³-hybridized carbons (Fsp3) is 0.118. The van der Waals surface area contributed by atoms with Crippen molar-refractivity contribution >= 4 is 45.7 Å². The molecule has 0 fully saturated rings. The van der Waals surface area contributed by atoms with Crippen LogP contribution in [-0.2, 0) is 11.5 Å². The summed E-state index contributed by atoms with van der Waals surface area (Å²) < 4.78 is 6.53. The van der Waals surface area contributed by atoms with E-state index in [9.17, 15) is 15.0 Å². The summed E-state index contributed by atoms with van der Waals surface area (Å²) in [5, 5.41) is 28.2. The van der Waals surface area contributed by atoms with Crippen molar-refractivity contribution in [2.45, 2.75) is 6.73 Å². The lowest BCUT2D eigenvalue weighted by Gasteiger charge is -2.05. The van der Waals surface area contributed by atoms with E-state index in [-0.39, 0.29) is 23.2 Å². The van der Waals surface area contributed by atoms with Gasteiger partial charge in [-0.05, 0) is 24.3 Å². The predicted octanol–water partition coefficient (Wildman–Crippen LogP) is 4.29. The molecular weight excluding hydrogens is 381 g/mol. The zero-order valence-corrected chi connectivity index (χ0v) is 14.8. The Kier molecular flexibility index (Phi) is 5.41. The van der Waals surface area contributed by atoms with Crippen LogP contribution in [0.15, 0.2) is 52.7 Å².